The molecule has 200 valence electrons. The van der Waals surface area contributed by atoms with Crippen molar-refractivity contribution in [2.24, 2.45) is 0 Å². The molecule has 1 unspecified atom stereocenters. The van der Waals surface area contributed by atoms with Crippen molar-refractivity contribution >= 4 is 12.0 Å². The Morgan fingerprint density at radius 3 is 2.24 bits per heavy atom. The maximum absolute atomic E-state index is 12.6. The van der Waals surface area contributed by atoms with Gasteiger partial charge in [-0.2, -0.15) is 0 Å². The Labute approximate surface area is 225 Å². The van der Waals surface area contributed by atoms with E-state index in [-0.39, 0.29) is 24.1 Å². The van der Waals surface area contributed by atoms with Crippen molar-refractivity contribution in [3.05, 3.63) is 102 Å². The van der Waals surface area contributed by atoms with Crippen LogP contribution < -0.4 is 15.4 Å². The number of benzene rings is 3. The monoisotopic (exact) mass is 515 g/mol. The number of piperidine rings is 1. The minimum absolute atomic E-state index is 0.142. The van der Waals surface area contributed by atoms with Gasteiger partial charge in [0.2, 0.25) is 0 Å². The first-order valence-electron chi connectivity index (χ1n) is 13.4. The number of nitrogens with one attached hydrogen (secondary N) is 2. The molecule has 1 aliphatic rings. The second kappa shape index (κ2) is 14.2. The maximum atomic E-state index is 12.6. The SMILES string of the molecule is CCOC(=O)c1ccc(OC(CCNC(=O)NC2CCN(Cc3ccccc3)CC2)c2ccccc2)cc1. The molecule has 0 aliphatic carbocycles. The normalized spacial score (nSPS) is 14.9. The standard InChI is InChI=1S/C31H37N3O4/c1-2-37-30(35)26-13-15-28(16-14-26)38-29(25-11-7-4-8-12-25)17-20-32-31(36)33-27-18-21-34(22-19-27)23-24-9-5-3-6-10-24/h3-16,27,29H,2,17-23H2,1H3,(H2,32,33,36). The highest BCUT2D eigenvalue weighted by atomic mass is 16.5. The molecule has 0 saturated carbocycles. The molecule has 0 bridgehead atoms. The number of nitrogens with zero attached hydrogens (tertiary/aromatic N) is 1. The summed E-state index contributed by atoms with van der Waals surface area (Å²) in [4.78, 5) is 27.0. The zero-order valence-electron chi connectivity index (χ0n) is 22.0. The molecule has 1 atom stereocenters. The number of carbonyl (C=O) groups excluding carboxylic acids is 2. The summed E-state index contributed by atoms with van der Waals surface area (Å²) in [7, 11) is 0. The second-order valence-electron chi connectivity index (χ2n) is 9.49. The summed E-state index contributed by atoms with van der Waals surface area (Å²) in [5, 5.41) is 6.13. The summed E-state index contributed by atoms with van der Waals surface area (Å²) in [5.41, 5.74) is 2.83. The van der Waals surface area contributed by atoms with E-state index in [0.29, 0.717) is 30.9 Å². The van der Waals surface area contributed by atoms with Gasteiger partial charge in [-0.25, -0.2) is 9.59 Å². The van der Waals surface area contributed by atoms with Gasteiger partial charge in [0.25, 0.3) is 0 Å². The average Bonchev–Trinajstić information content (AvgIpc) is 2.95. The highest BCUT2D eigenvalue weighted by Gasteiger charge is 2.21. The van der Waals surface area contributed by atoms with E-state index in [2.05, 4.69) is 39.8 Å². The minimum Gasteiger partial charge on any atom is -0.486 e. The molecule has 7 nitrogen and oxygen atoms in total. The van der Waals surface area contributed by atoms with Crippen LogP contribution in [0.15, 0.2) is 84.9 Å². The molecule has 0 radical (unpaired) electrons. The van der Waals surface area contributed by atoms with Crippen molar-refractivity contribution in [1.29, 1.82) is 0 Å². The zero-order chi connectivity index (χ0) is 26.6. The molecule has 3 aromatic rings. The summed E-state index contributed by atoms with van der Waals surface area (Å²) in [6.07, 6.45) is 2.24. The Hall–Kier alpha value is -3.84. The molecule has 0 aromatic heterocycles. The van der Waals surface area contributed by atoms with Crippen molar-refractivity contribution in [3.63, 3.8) is 0 Å². The van der Waals surface area contributed by atoms with E-state index in [4.69, 9.17) is 9.47 Å². The van der Waals surface area contributed by atoms with Crippen molar-refractivity contribution in [2.45, 2.75) is 44.9 Å². The van der Waals surface area contributed by atoms with Gasteiger partial charge in [-0.05, 0) is 55.2 Å². The highest BCUT2D eigenvalue weighted by Crippen LogP contribution is 2.25. The smallest absolute Gasteiger partial charge is 0.338 e. The third-order valence-corrected chi connectivity index (χ3v) is 6.68. The number of amides is 2. The van der Waals surface area contributed by atoms with Crippen molar-refractivity contribution in [3.8, 4) is 5.75 Å². The van der Waals surface area contributed by atoms with Gasteiger partial charge < -0.3 is 20.1 Å². The molecule has 2 N–H and O–H groups in total. The molecule has 1 heterocycles. The summed E-state index contributed by atoms with van der Waals surface area (Å²) in [6.45, 7) is 5.48. The van der Waals surface area contributed by atoms with Crippen LogP contribution in [0.2, 0.25) is 0 Å². The van der Waals surface area contributed by atoms with Crippen molar-refractivity contribution < 1.29 is 19.1 Å². The zero-order valence-corrected chi connectivity index (χ0v) is 22.0. The number of ether oxygens (including phenoxy) is 2. The first-order valence-corrected chi connectivity index (χ1v) is 13.4. The van der Waals surface area contributed by atoms with Crippen molar-refractivity contribution in [1.82, 2.24) is 15.5 Å². The number of carbonyl (C=O) groups is 2. The molecular weight excluding hydrogens is 478 g/mol. The Morgan fingerprint density at radius 2 is 1.58 bits per heavy atom. The Morgan fingerprint density at radius 1 is 0.921 bits per heavy atom. The Balaban J connectivity index is 1.23. The van der Waals surface area contributed by atoms with Gasteiger partial charge in [-0.3, -0.25) is 4.90 Å². The van der Waals surface area contributed by atoms with Gasteiger partial charge in [0.05, 0.1) is 12.2 Å². The Kier molecular flexibility index (Phi) is 10.2. The van der Waals surface area contributed by atoms with E-state index in [1.165, 1.54) is 5.56 Å². The van der Waals surface area contributed by atoms with Crippen LogP contribution in [0.25, 0.3) is 0 Å². The van der Waals surface area contributed by atoms with Crippen LogP contribution in [0.3, 0.4) is 0 Å². The number of hydrogen-bond acceptors (Lipinski definition) is 5. The lowest BCUT2D eigenvalue weighted by atomic mass is 10.0. The maximum Gasteiger partial charge on any atom is 0.338 e. The molecule has 1 fully saturated rings. The number of urea groups is 1. The third kappa shape index (κ3) is 8.35. The molecular formula is C31H37N3O4. The molecule has 1 saturated heterocycles. The Bertz CT molecular complexity index is 1130. The predicted molar refractivity (Wildman–Crippen MR) is 148 cm³/mol. The van der Waals surface area contributed by atoms with Gasteiger partial charge >= 0.3 is 12.0 Å². The van der Waals surface area contributed by atoms with Gasteiger partial charge in [-0.15, -0.1) is 0 Å². The van der Waals surface area contributed by atoms with Gasteiger partial charge in [0, 0.05) is 38.6 Å². The molecule has 1 aliphatic heterocycles. The number of hydrogen-bond donors (Lipinski definition) is 2. The van der Waals surface area contributed by atoms with Crippen LogP contribution in [-0.2, 0) is 11.3 Å². The lowest BCUT2D eigenvalue weighted by Crippen LogP contribution is -2.48. The van der Waals surface area contributed by atoms with Gasteiger partial charge in [-0.1, -0.05) is 60.7 Å². The quantitative estimate of drug-likeness (QED) is 0.337. The number of likely N-dealkylation sites (tertiary alicyclic amines) is 1. The van der Waals surface area contributed by atoms with Gasteiger partial charge in [0.15, 0.2) is 0 Å². The lowest BCUT2D eigenvalue weighted by molar-refractivity contribution is 0.0526. The van der Waals surface area contributed by atoms with Gasteiger partial charge in [0.1, 0.15) is 11.9 Å². The first-order chi connectivity index (χ1) is 18.6. The van der Waals surface area contributed by atoms with Crippen LogP contribution >= 0.6 is 0 Å². The predicted octanol–water partition coefficient (Wildman–Crippen LogP) is 5.34. The molecule has 3 aromatic carbocycles. The van der Waals surface area contributed by atoms with Crippen LogP contribution in [0, 0.1) is 0 Å². The number of rotatable bonds is 11. The van der Waals surface area contributed by atoms with E-state index in [1.54, 1.807) is 31.2 Å². The summed E-state index contributed by atoms with van der Waals surface area (Å²) in [6, 6.07) is 27.4. The molecule has 7 heteroatoms. The van der Waals surface area contributed by atoms with Crippen LogP contribution in [0.1, 0.15) is 53.8 Å². The highest BCUT2D eigenvalue weighted by molar-refractivity contribution is 5.89. The number of esters is 1. The molecule has 2 amide bonds. The van der Waals surface area contributed by atoms with E-state index < -0.39 is 0 Å². The molecule has 0 spiro atoms. The largest absolute Gasteiger partial charge is 0.486 e. The molecule has 4 rings (SSSR count). The topological polar surface area (TPSA) is 79.9 Å². The van der Waals surface area contributed by atoms with Crippen LogP contribution in [0.4, 0.5) is 4.79 Å². The fourth-order valence-corrected chi connectivity index (χ4v) is 4.64. The molecule has 38 heavy (non-hydrogen) atoms. The summed E-state index contributed by atoms with van der Waals surface area (Å²) < 4.78 is 11.3. The minimum atomic E-state index is -0.351. The van der Waals surface area contributed by atoms with E-state index >= 15 is 0 Å². The van der Waals surface area contributed by atoms with E-state index in [9.17, 15) is 9.59 Å². The fourth-order valence-electron chi connectivity index (χ4n) is 4.64. The first kappa shape index (κ1) is 27.2. The average molecular weight is 516 g/mol. The third-order valence-electron chi connectivity index (χ3n) is 6.68. The van der Waals surface area contributed by atoms with Crippen LogP contribution in [-0.4, -0.2) is 49.2 Å². The van der Waals surface area contributed by atoms with Crippen molar-refractivity contribution in [2.75, 3.05) is 26.2 Å². The summed E-state index contributed by atoms with van der Waals surface area (Å²) in [5.74, 6) is 0.300. The lowest BCUT2D eigenvalue weighted by Gasteiger charge is -2.32. The fraction of sp³-hybridized carbons (Fsp3) is 0.355. The summed E-state index contributed by atoms with van der Waals surface area (Å²) >= 11 is 0. The second-order valence-corrected chi connectivity index (χ2v) is 9.49. The van der Waals surface area contributed by atoms with E-state index in [1.807, 2.05) is 36.4 Å². The van der Waals surface area contributed by atoms with Crippen LogP contribution in [0.5, 0.6) is 5.75 Å². The van der Waals surface area contributed by atoms with E-state index in [0.717, 1.165) is 38.0 Å².